The number of hydrogen-bond donors (Lipinski definition) is 1. The van der Waals surface area contributed by atoms with Gasteiger partial charge in [-0.2, -0.15) is 0 Å². The Kier molecular flexibility index (Phi) is 4.66. The van der Waals surface area contributed by atoms with Crippen molar-refractivity contribution < 1.29 is 9.53 Å². The molecule has 5 heterocycles. The van der Waals surface area contributed by atoms with Gasteiger partial charge in [0.2, 0.25) is 0 Å². The molecule has 0 aromatic carbocycles. The SMILES string of the molecule is O=C(c1csc2c(=O)[nH]c(-c3ccccn3)nc12)N1CCOC(c2nccs2)C1. The Morgan fingerprint density at radius 2 is 2.17 bits per heavy atom. The Hall–Kier alpha value is -2.95. The molecule has 5 rings (SSSR count). The van der Waals surface area contributed by atoms with Crippen molar-refractivity contribution in [3.05, 3.63) is 62.3 Å². The zero-order chi connectivity index (χ0) is 19.8. The fraction of sp³-hybridized carbons (Fsp3) is 0.211. The lowest BCUT2D eigenvalue weighted by Gasteiger charge is -2.31. The van der Waals surface area contributed by atoms with Crippen LogP contribution in [0.1, 0.15) is 21.5 Å². The largest absolute Gasteiger partial charge is 0.367 e. The zero-order valence-corrected chi connectivity index (χ0v) is 16.7. The first-order valence-electron chi connectivity index (χ1n) is 8.94. The lowest BCUT2D eigenvalue weighted by Crippen LogP contribution is -2.42. The van der Waals surface area contributed by atoms with Crippen molar-refractivity contribution >= 4 is 38.8 Å². The Morgan fingerprint density at radius 1 is 1.24 bits per heavy atom. The molecule has 1 atom stereocenters. The average Bonchev–Trinajstić information content (AvgIpc) is 3.44. The fourth-order valence-corrected chi connectivity index (χ4v) is 4.80. The van der Waals surface area contributed by atoms with Gasteiger partial charge in [0.15, 0.2) is 5.82 Å². The van der Waals surface area contributed by atoms with Gasteiger partial charge in [-0.1, -0.05) is 6.07 Å². The number of hydrogen-bond acceptors (Lipinski definition) is 8. The molecule has 0 aliphatic carbocycles. The van der Waals surface area contributed by atoms with Crippen LogP contribution in [-0.4, -0.2) is 50.4 Å². The molecule has 0 spiro atoms. The van der Waals surface area contributed by atoms with Gasteiger partial charge < -0.3 is 14.6 Å². The molecule has 4 aromatic rings. The molecule has 146 valence electrons. The maximum absolute atomic E-state index is 13.2. The molecule has 1 amide bonds. The summed E-state index contributed by atoms with van der Waals surface area (Å²) in [6.45, 7) is 1.33. The minimum Gasteiger partial charge on any atom is -0.367 e. The van der Waals surface area contributed by atoms with Crippen LogP contribution >= 0.6 is 22.7 Å². The predicted molar refractivity (Wildman–Crippen MR) is 110 cm³/mol. The van der Waals surface area contributed by atoms with Crippen LogP contribution in [0.4, 0.5) is 0 Å². The minimum atomic E-state index is -0.276. The van der Waals surface area contributed by atoms with E-state index < -0.39 is 0 Å². The summed E-state index contributed by atoms with van der Waals surface area (Å²) in [5, 5.41) is 4.44. The Bertz CT molecular complexity index is 1220. The lowest BCUT2D eigenvalue weighted by atomic mass is 10.2. The second-order valence-corrected chi connectivity index (χ2v) is 8.24. The number of pyridine rings is 1. The van der Waals surface area contributed by atoms with Gasteiger partial charge in [0, 0.05) is 29.7 Å². The molecule has 1 aliphatic rings. The van der Waals surface area contributed by atoms with Crippen molar-refractivity contribution in [1.29, 1.82) is 0 Å². The second-order valence-electron chi connectivity index (χ2n) is 6.44. The number of H-pyrrole nitrogens is 1. The summed E-state index contributed by atoms with van der Waals surface area (Å²) in [5.74, 6) is 0.185. The third-order valence-electron chi connectivity index (χ3n) is 4.65. The summed E-state index contributed by atoms with van der Waals surface area (Å²) in [6, 6.07) is 5.37. The summed E-state index contributed by atoms with van der Waals surface area (Å²) in [4.78, 5) is 43.3. The smallest absolute Gasteiger partial charge is 0.269 e. The van der Waals surface area contributed by atoms with E-state index in [0.29, 0.717) is 47.0 Å². The van der Waals surface area contributed by atoms with E-state index >= 15 is 0 Å². The van der Waals surface area contributed by atoms with Gasteiger partial charge in [0.1, 0.15) is 27.0 Å². The number of amides is 1. The molecule has 1 N–H and O–H groups in total. The van der Waals surface area contributed by atoms with Crippen molar-refractivity contribution in [2.45, 2.75) is 6.10 Å². The number of carbonyl (C=O) groups is 1. The highest BCUT2D eigenvalue weighted by molar-refractivity contribution is 7.17. The number of morpholine rings is 1. The van der Waals surface area contributed by atoms with Crippen LogP contribution in [0.15, 0.2) is 46.1 Å². The van der Waals surface area contributed by atoms with E-state index in [-0.39, 0.29) is 17.6 Å². The van der Waals surface area contributed by atoms with E-state index in [0.717, 1.165) is 5.01 Å². The molecular weight excluding hydrogens is 410 g/mol. The van der Waals surface area contributed by atoms with Crippen LogP contribution in [-0.2, 0) is 4.74 Å². The van der Waals surface area contributed by atoms with Crippen molar-refractivity contribution in [2.75, 3.05) is 19.7 Å². The summed E-state index contributed by atoms with van der Waals surface area (Å²) < 4.78 is 6.21. The molecule has 0 radical (unpaired) electrons. The summed E-state index contributed by atoms with van der Waals surface area (Å²) in [5.41, 5.74) is 1.10. The lowest BCUT2D eigenvalue weighted by molar-refractivity contribution is -0.0228. The monoisotopic (exact) mass is 425 g/mol. The van der Waals surface area contributed by atoms with Gasteiger partial charge in [0.25, 0.3) is 11.5 Å². The van der Waals surface area contributed by atoms with Gasteiger partial charge in [0.05, 0.1) is 18.7 Å². The maximum atomic E-state index is 13.2. The van der Waals surface area contributed by atoms with E-state index in [1.807, 2.05) is 11.4 Å². The number of fused-ring (bicyclic) bond motifs is 1. The van der Waals surface area contributed by atoms with Gasteiger partial charge in [-0.15, -0.1) is 22.7 Å². The van der Waals surface area contributed by atoms with Gasteiger partial charge in [-0.3, -0.25) is 14.6 Å². The van der Waals surface area contributed by atoms with Crippen LogP contribution in [0, 0.1) is 0 Å². The average molecular weight is 425 g/mol. The Labute approximate surface area is 172 Å². The van der Waals surface area contributed by atoms with E-state index in [2.05, 4.69) is 19.9 Å². The van der Waals surface area contributed by atoms with Crippen molar-refractivity contribution in [2.24, 2.45) is 0 Å². The second kappa shape index (κ2) is 7.47. The quantitative estimate of drug-likeness (QED) is 0.542. The normalized spacial score (nSPS) is 17.0. The molecule has 4 aromatic heterocycles. The Morgan fingerprint density at radius 3 is 2.97 bits per heavy atom. The highest BCUT2D eigenvalue weighted by Gasteiger charge is 2.29. The number of carbonyl (C=O) groups excluding carboxylic acids is 1. The van der Waals surface area contributed by atoms with Crippen LogP contribution in [0.2, 0.25) is 0 Å². The third kappa shape index (κ3) is 3.35. The highest BCUT2D eigenvalue weighted by Crippen LogP contribution is 2.28. The number of aromatic nitrogens is 4. The van der Waals surface area contributed by atoms with Crippen LogP contribution in [0.5, 0.6) is 0 Å². The first kappa shape index (κ1) is 18.1. The molecular formula is C19H15N5O3S2. The molecule has 10 heteroatoms. The molecule has 1 aliphatic heterocycles. The summed E-state index contributed by atoms with van der Waals surface area (Å²) in [6.07, 6.45) is 3.12. The van der Waals surface area contributed by atoms with E-state index in [1.54, 1.807) is 34.8 Å². The molecule has 1 unspecified atom stereocenters. The zero-order valence-electron chi connectivity index (χ0n) is 15.1. The van der Waals surface area contributed by atoms with Gasteiger partial charge in [-0.25, -0.2) is 9.97 Å². The standard InChI is InChI=1S/C19H15N5O3S2/c25-17-15-14(22-16(23-17)12-3-1-2-4-20-12)11(10-29-15)19(26)24-6-7-27-13(9-24)18-21-5-8-28-18/h1-5,8,10,13H,6-7,9H2,(H,22,23,25). The maximum Gasteiger partial charge on any atom is 0.269 e. The van der Waals surface area contributed by atoms with E-state index in [1.165, 1.54) is 22.7 Å². The fourth-order valence-electron chi connectivity index (χ4n) is 3.25. The number of nitrogens with zero attached hydrogens (tertiary/aromatic N) is 4. The number of thiazole rings is 1. The molecule has 0 saturated carbocycles. The van der Waals surface area contributed by atoms with E-state index in [4.69, 9.17) is 4.74 Å². The number of nitrogens with one attached hydrogen (secondary N) is 1. The number of ether oxygens (including phenoxy) is 1. The van der Waals surface area contributed by atoms with Gasteiger partial charge >= 0.3 is 0 Å². The summed E-state index contributed by atoms with van der Waals surface area (Å²) >= 11 is 2.73. The van der Waals surface area contributed by atoms with Crippen molar-refractivity contribution in [3.63, 3.8) is 0 Å². The van der Waals surface area contributed by atoms with E-state index in [9.17, 15) is 9.59 Å². The minimum absolute atomic E-state index is 0.161. The molecule has 29 heavy (non-hydrogen) atoms. The highest BCUT2D eigenvalue weighted by atomic mass is 32.1. The number of thiophene rings is 1. The third-order valence-corrected chi connectivity index (χ3v) is 6.48. The predicted octanol–water partition coefficient (Wildman–Crippen LogP) is 2.72. The van der Waals surface area contributed by atoms with Gasteiger partial charge in [-0.05, 0) is 12.1 Å². The van der Waals surface area contributed by atoms with Crippen LogP contribution in [0.25, 0.3) is 21.7 Å². The first-order valence-corrected chi connectivity index (χ1v) is 10.7. The van der Waals surface area contributed by atoms with Crippen molar-refractivity contribution in [1.82, 2.24) is 24.8 Å². The molecule has 1 fully saturated rings. The number of aromatic amines is 1. The number of rotatable bonds is 3. The van der Waals surface area contributed by atoms with Crippen molar-refractivity contribution in [3.8, 4) is 11.5 Å². The molecule has 0 bridgehead atoms. The molecule has 1 saturated heterocycles. The van der Waals surface area contributed by atoms with Crippen LogP contribution in [0.3, 0.4) is 0 Å². The Balaban J connectivity index is 1.50. The van der Waals surface area contributed by atoms with Crippen LogP contribution < -0.4 is 5.56 Å². The summed E-state index contributed by atoms with van der Waals surface area (Å²) in [7, 11) is 0. The topological polar surface area (TPSA) is 101 Å². The first-order chi connectivity index (χ1) is 14.2. The molecule has 8 nitrogen and oxygen atoms in total.